The summed E-state index contributed by atoms with van der Waals surface area (Å²) in [5.41, 5.74) is 5.60. The van der Waals surface area contributed by atoms with E-state index in [1.807, 2.05) is 78.6 Å². The molecular formula is C33H31FN2O3. The van der Waals surface area contributed by atoms with Crippen LogP contribution >= 0.6 is 0 Å². The lowest BCUT2D eigenvalue weighted by atomic mass is 9.87. The van der Waals surface area contributed by atoms with Crippen molar-refractivity contribution >= 4 is 11.8 Å². The van der Waals surface area contributed by atoms with Gasteiger partial charge in [-0.25, -0.2) is 4.39 Å². The number of hydrogen-bond acceptors (Lipinski definition) is 3. The van der Waals surface area contributed by atoms with Crippen LogP contribution in [0.4, 0.5) is 4.39 Å². The fourth-order valence-electron chi connectivity index (χ4n) is 5.07. The maximum atomic E-state index is 13.7. The van der Waals surface area contributed by atoms with Crippen molar-refractivity contribution in [3.8, 4) is 5.75 Å². The zero-order valence-corrected chi connectivity index (χ0v) is 22.1. The molecule has 4 aromatic rings. The van der Waals surface area contributed by atoms with E-state index >= 15 is 0 Å². The summed E-state index contributed by atoms with van der Waals surface area (Å²) < 4.78 is 19.5. The fourth-order valence-corrected chi connectivity index (χ4v) is 5.07. The first kappa shape index (κ1) is 26.2. The van der Waals surface area contributed by atoms with Crippen LogP contribution in [0.25, 0.3) is 0 Å². The zero-order chi connectivity index (χ0) is 27.4. The van der Waals surface area contributed by atoms with Crippen LogP contribution in [0.1, 0.15) is 51.1 Å². The van der Waals surface area contributed by atoms with Crippen LogP contribution in [-0.2, 0) is 17.8 Å². The molecule has 0 radical (unpaired) electrons. The van der Waals surface area contributed by atoms with Gasteiger partial charge in [-0.3, -0.25) is 9.59 Å². The summed E-state index contributed by atoms with van der Waals surface area (Å²) in [4.78, 5) is 28.3. The van der Waals surface area contributed by atoms with Crippen LogP contribution in [0, 0.1) is 12.7 Å². The summed E-state index contributed by atoms with van der Waals surface area (Å²) in [6, 6.07) is 29.2. The minimum atomic E-state index is -0.764. The highest BCUT2D eigenvalue weighted by Gasteiger charge is 2.33. The molecule has 0 unspecified atom stereocenters. The van der Waals surface area contributed by atoms with Crippen LogP contribution in [-0.4, -0.2) is 29.4 Å². The molecule has 0 fully saturated rings. The molecule has 1 heterocycles. The van der Waals surface area contributed by atoms with Crippen LogP contribution in [0.2, 0.25) is 0 Å². The second-order valence-corrected chi connectivity index (χ2v) is 9.90. The Balaban J connectivity index is 1.40. The Morgan fingerprint density at radius 2 is 1.77 bits per heavy atom. The number of aryl methyl sites for hydroxylation is 1. The summed E-state index contributed by atoms with van der Waals surface area (Å²) in [6.07, 6.45) is -0.0418. The average Bonchev–Trinajstić information content (AvgIpc) is 2.95. The maximum Gasteiger partial charge on any atom is 0.261 e. The summed E-state index contributed by atoms with van der Waals surface area (Å²) in [7, 11) is 0. The van der Waals surface area contributed by atoms with Crippen molar-refractivity contribution in [1.29, 1.82) is 0 Å². The molecular weight excluding hydrogens is 491 g/mol. The number of nitrogens with zero attached hydrogens (tertiary/aromatic N) is 1. The number of rotatable bonds is 7. The highest BCUT2D eigenvalue weighted by molar-refractivity contribution is 5.95. The van der Waals surface area contributed by atoms with E-state index in [4.69, 9.17) is 4.74 Å². The SMILES string of the molecule is Cc1cccc([C@@H]2c3cc(O[C@H](C)C(=O)NCc4cccc(F)c4)ccc3CCN2C(=O)c2ccccc2)c1. The standard InChI is InChI=1S/C33H31FN2O3/c1-22-8-6-12-27(18-22)31-30-20-29(39-23(2)32(37)35-21-24-9-7-13-28(34)19-24)15-14-25(30)16-17-36(31)33(38)26-10-4-3-5-11-26/h3-15,18-20,23,31H,16-17,21H2,1-2H3,(H,35,37)/t23-,31-/m1/s1. The Bertz CT molecular complexity index is 1490. The van der Waals surface area contributed by atoms with Gasteiger partial charge in [-0.1, -0.05) is 66.2 Å². The smallest absolute Gasteiger partial charge is 0.261 e. The minimum Gasteiger partial charge on any atom is -0.481 e. The first-order valence-corrected chi connectivity index (χ1v) is 13.1. The molecule has 5 rings (SSSR count). The highest BCUT2D eigenvalue weighted by Crippen LogP contribution is 2.38. The van der Waals surface area contributed by atoms with Crippen molar-refractivity contribution < 1.29 is 18.7 Å². The molecule has 6 heteroatoms. The Kier molecular flexibility index (Phi) is 7.73. The van der Waals surface area contributed by atoms with Crippen molar-refractivity contribution in [3.05, 3.63) is 136 Å². The van der Waals surface area contributed by atoms with E-state index in [1.165, 1.54) is 12.1 Å². The molecule has 0 spiro atoms. The molecule has 5 nitrogen and oxygen atoms in total. The van der Waals surface area contributed by atoms with E-state index in [1.54, 1.807) is 19.1 Å². The van der Waals surface area contributed by atoms with Crippen molar-refractivity contribution in [1.82, 2.24) is 10.2 Å². The van der Waals surface area contributed by atoms with E-state index in [2.05, 4.69) is 11.4 Å². The first-order chi connectivity index (χ1) is 18.9. The van der Waals surface area contributed by atoms with Gasteiger partial charge in [0.25, 0.3) is 11.8 Å². The lowest BCUT2D eigenvalue weighted by Crippen LogP contribution is -2.40. The van der Waals surface area contributed by atoms with Gasteiger partial charge in [0.1, 0.15) is 11.6 Å². The molecule has 198 valence electrons. The van der Waals surface area contributed by atoms with Crippen LogP contribution in [0.3, 0.4) is 0 Å². The van der Waals surface area contributed by atoms with Gasteiger partial charge in [-0.15, -0.1) is 0 Å². The predicted molar refractivity (Wildman–Crippen MR) is 149 cm³/mol. The third kappa shape index (κ3) is 6.01. The van der Waals surface area contributed by atoms with E-state index < -0.39 is 6.10 Å². The molecule has 0 saturated carbocycles. The molecule has 39 heavy (non-hydrogen) atoms. The topological polar surface area (TPSA) is 58.6 Å². The third-order valence-corrected chi connectivity index (χ3v) is 7.02. The minimum absolute atomic E-state index is 0.0239. The van der Waals surface area contributed by atoms with E-state index in [0.717, 1.165) is 28.7 Å². The van der Waals surface area contributed by atoms with Crippen molar-refractivity contribution in [3.63, 3.8) is 0 Å². The molecule has 2 amide bonds. The average molecular weight is 523 g/mol. The Hall–Kier alpha value is -4.45. The van der Waals surface area contributed by atoms with Gasteiger partial charge < -0.3 is 15.0 Å². The number of amides is 2. The zero-order valence-electron chi connectivity index (χ0n) is 22.1. The van der Waals surface area contributed by atoms with Gasteiger partial charge >= 0.3 is 0 Å². The number of hydrogen-bond donors (Lipinski definition) is 1. The fraction of sp³-hybridized carbons (Fsp3) is 0.212. The van der Waals surface area contributed by atoms with Gasteiger partial charge in [0.05, 0.1) is 6.04 Å². The number of ether oxygens (including phenoxy) is 1. The van der Waals surface area contributed by atoms with Crippen molar-refractivity contribution in [2.24, 2.45) is 0 Å². The van der Waals surface area contributed by atoms with Gasteiger partial charge in [-0.2, -0.15) is 0 Å². The normalized spacial score (nSPS) is 15.3. The van der Waals surface area contributed by atoms with Crippen molar-refractivity contribution in [2.45, 2.75) is 39.0 Å². The Labute approximate surface area is 228 Å². The molecule has 0 aliphatic carbocycles. The van der Waals surface area contributed by atoms with Gasteiger partial charge in [0.2, 0.25) is 0 Å². The second-order valence-electron chi connectivity index (χ2n) is 9.90. The molecule has 1 N–H and O–H groups in total. The number of fused-ring (bicyclic) bond motifs is 1. The Morgan fingerprint density at radius 1 is 0.974 bits per heavy atom. The van der Waals surface area contributed by atoms with Crippen molar-refractivity contribution in [2.75, 3.05) is 6.54 Å². The van der Waals surface area contributed by atoms with Gasteiger partial charge in [-0.05, 0) is 78.9 Å². The number of benzene rings is 4. The monoisotopic (exact) mass is 522 g/mol. The number of carbonyl (C=O) groups excluding carboxylic acids is 2. The predicted octanol–water partition coefficient (Wildman–Crippen LogP) is 6.01. The summed E-state index contributed by atoms with van der Waals surface area (Å²) >= 11 is 0. The highest BCUT2D eigenvalue weighted by atomic mass is 19.1. The third-order valence-electron chi connectivity index (χ3n) is 7.02. The summed E-state index contributed by atoms with van der Waals surface area (Å²) in [5, 5.41) is 2.81. The van der Waals surface area contributed by atoms with Gasteiger partial charge in [0.15, 0.2) is 6.10 Å². The molecule has 4 aromatic carbocycles. The van der Waals surface area contributed by atoms with E-state index in [0.29, 0.717) is 23.4 Å². The Morgan fingerprint density at radius 3 is 2.54 bits per heavy atom. The molecule has 0 aromatic heterocycles. The second kappa shape index (κ2) is 11.5. The molecule has 1 aliphatic heterocycles. The largest absolute Gasteiger partial charge is 0.481 e. The molecule has 1 aliphatic rings. The van der Waals surface area contributed by atoms with Crippen LogP contribution in [0.15, 0.2) is 97.1 Å². The lowest BCUT2D eigenvalue weighted by molar-refractivity contribution is -0.127. The molecule has 0 bridgehead atoms. The first-order valence-electron chi connectivity index (χ1n) is 13.1. The van der Waals surface area contributed by atoms with Crippen LogP contribution < -0.4 is 10.1 Å². The van der Waals surface area contributed by atoms with Gasteiger partial charge in [0, 0.05) is 18.7 Å². The lowest BCUT2D eigenvalue weighted by Gasteiger charge is -2.38. The summed E-state index contributed by atoms with van der Waals surface area (Å²) in [5.74, 6) is -0.117. The van der Waals surface area contributed by atoms with Crippen LogP contribution in [0.5, 0.6) is 5.75 Å². The number of carbonyl (C=O) groups is 2. The van der Waals surface area contributed by atoms with E-state index in [-0.39, 0.29) is 30.2 Å². The number of nitrogens with one attached hydrogen (secondary N) is 1. The molecule has 2 atom stereocenters. The maximum absolute atomic E-state index is 13.7. The number of halogens is 1. The molecule has 0 saturated heterocycles. The van der Waals surface area contributed by atoms with E-state index in [9.17, 15) is 14.0 Å². The quantitative estimate of drug-likeness (QED) is 0.324. The summed E-state index contributed by atoms with van der Waals surface area (Å²) in [6.45, 7) is 4.53.